The van der Waals surface area contributed by atoms with Crippen molar-refractivity contribution < 1.29 is 4.74 Å². The monoisotopic (exact) mass is 361 g/mol. The molecule has 126 valence electrons. The minimum absolute atomic E-state index is 0.159. The molecule has 0 saturated carbocycles. The first kappa shape index (κ1) is 16.1. The van der Waals surface area contributed by atoms with Crippen LogP contribution in [0.5, 0.6) is 5.75 Å². The third-order valence-electron chi connectivity index (χ3n) is 3.99. The molecule has 3 heterocycles. The number of ether oxygens (including phenoxy) is 1. The van der Waals surface area contributed by atoms with Crippen LogP contribution in [-0.4, -0.2) is 26.5 Å². The standard InChI is InChI=1S/C19H12ClN5O/c1-26-15-6-5-12(10-13(15)11-21)17-18(14-7-8-22-19(20)23-14)25-9-3-2-4-16(25)24-17/h2-10H,1H3. The van der Waals surface area contributed by atoms with Crippen LogP contribution in [0.15, 0.2) is 54.9 Å². The summed E-state index contributed by atoms with van der Waals surface area (Å²) in [5, 5.41) is 9.55. The number of hydrogen-bond donors (Lipinski definition) is 0. The molecule has 0 amide bonds. The minimum atomic E-state index is 0.159. The third kappa shape index (κ3) is 2.65. The first-order chi connectivity index (χ1) is 12.7. The van der Waals surface area contributed by atoms with Crippen molar-refractivity contribution in [3.05, 3.63) is 65.7 Å². The number of nitriles is 1. The van der Waals surface area contributed by atoms with Gasteiger partial charge in [0.25, 0.3) is 0 Å². The SMILES string of the molecule is COc1ccc(-c2nc3ccccn3c2-c2ccnc(Cl)n2)cc1C#N. The maximum atomic E-state index is 9.39. The smallest absolute Gasteiger partial charge is 0.222 e. The lowest BCUT2D eigenvalue weighted by molar-refractivity contribution is 0.413. The Labute approximate surface area is 154 Å². The molecule has 4 aromatic rings. The Bertz CT molecular complexity index is 1160. The van der Waals surface area contributed by atoms with Gasteiger partial charge in [-0.3, -0.25) is 4.40 Å². The molecule has 0 bridgehead atoms. The number of halogens is 1. The number of rotatable bonds is 3. The second kappa shape index (κ2) is 6.47. The summed E-state index contributed by atoms with van der Waals surface area (Å²) in [6, 6.07) is 15.1. The highest BCUT2D eigenvalue weighted by Gasteiger charge is 2.18. The van der Waals surface area contributed by atoms with Crippen LogP contribution in [-0.2, 0) is 0 Å². The van der Waals surface area contributed by atoms with E-state index in [4.69, 9.17) is 21.3 Å². The lowest BCUT2D eigenvalue weighted by atomic mass is 10.0. The van der Waals surface area contributed by atoms with Crippen molar-refractivity contribution >= 4 is 17.2 Å². The van der Waals surface area contributed by atoms with Gasteiger partial charge in [-0.2, -0.15) is 5.26 Å². The summed E-state index contributed by atoms with van der Waals surface area (Å²) < 4.78 is 7.17. The summed E-state index contributed by atoms with van der Waals surface area (Å²) in [7, 11) is 1.54. The number of nitrogens with zero attached hydrogens (tertiary/aromatic N) is 5. The normalized spacial score (nSPS) is 10.7. The van der Waals surface area contributed by atoms with E-state index in [1.165, 1.54) is 7.11 Å². The van der Waals surface area contributed by atoms with Crippen LogP contribution in [0.3, 0.4) is 0 Å². The van der Waals surface area contributed by atoms with E-state index in [2.05, 4.69) is 16.0 Å². The van der Waals surface area contributed by atoms with Crippen LogP contribution in [0.25, 0.3) is 28.3 Å². The Morgan fingerprint density at radius 3 is 2.81 bits per heavy atom. The molecule has 0 radical (unpaired) electrons. The van der Waals surface area contributed by atoms with Crippen LogP contribution in [0, 0.1) is 11.3 Å². The number of pyridine rings is 1. The van der Waals surface area contributed by atoms with E-state index in [9.17, 15) is 5.26 Å². The van der Waals surface area contributed by atoms with Crippen molar-refractivity contribution in [2.45, 2.75) is 0 Å². The Balaban J connectivity index is 2.02. The van der Waals surface area contributed by atoms with Gasteiger partial charge in [-0.1, -0.05) is 6.07 Å². The van der Waals surface area contributed by atoms with Gasteiger partial charge < -0.3 is 4.74 Å². The molecule has 0 fully saturated rings. The molecule has 0 unspecified atom stereocenters. The van der Waals surface area contributed by atoms with E-state index in [0.29, 0.717) is 22.7 Å². The molecule has 7 heteroatoms. The number of imidazole rings is 1. The van der Waals surface area contributed by atoms with Gasteiger partial charge in [0, 0.05) is 18.0 Å². The molecule has 0 aliphatic heterocycles. The molecule has 0 aliphatic rings. The van der Waals surface area contributed by atoms with E-state index in [0.717, 1.165) is 16.9 Å². The van der Waals surface area contributed by atoms with Gasteiger partial charge >= 0.3 is 0 Å². The average molecular weight is 362 g/mol. The molecular formula is C19H12ClN5O. The molecule has 0 spiro atoms. The quantitative estimate of drug-likeness (QED) is 0.516. The fourth-order valence-corrected chi connectivity index (χ4v) is 3.00. The highest BCUT2D eigenvalue weighted by molar-refractivity contribution is 6.28. The molecule has 3 aromatic heterocycles. The second-order valence-corrected chi connectivity index (χ2v) is 5.81. The predicted molar refractivity (Wildman–Crippen MR) is 97.9 cm³/mol. The first-order valence-electron chi connectivity index (χ1n) is 7.76. The Kier molecular flexibility index (Phi) is 3.99. The lowest BCUT2D eigenvalue weighted by Crippen LogP contribution is -1.94. The zero-order valence-corrected chi connectivity index (χ0v) is 14.5. The van der Waals surface area contributed by atoms with Crippen molar-refractivity contribution in [3.63, 3.8) is 0 Å². The van der Waals surface area contributed by atoms with Crippen LogP contribution in [0.1, 0.15) is 5.56 Å². The first-order valence-corrected chi connectivity index (χ1v) is 8.13. The average Bonchev–Trinajstić information content (AvgIpc) is 3.07. The third-order valence-corrected chi connectivity index (χ3v) is 4.17. The Morgan fingerprint density at radius 2 is 2.04 bits per heavy atom. The van der Waals surface area contributed by atoms with E-state index in [1.807, 2.05) is 34.9 Å². The highest BCUT2D eigenvalue weighted by atomic mass is 35.5. The van der Waals surface area contributed by atoms with E-state index < -0.39 is 0 Å². The maximum absolute atomic E-state index is 9.39. The summed E-state index contributed by atoms with van der Waals surface area (Å²) in [5.74, 6) is 0.520. The van der Waals surface area contributed by atoms with Crippen molar-refractivity contribution in [1.29, 1.82) is 5.26 Å². The van der Waals surface area contributed by atoms with Crippen molar-refractivity contribution in [2.75, 3.05) is 7.11 Å². The van der Waals surface area contributed by atoms with Gasteiger partial charge in [-0.25, -0.2) is 15.0 Å². The highest BCUT2D eigenvalue weighted by Crippen LogP contribution is 2.34. The maximum Gasteiger partial charge on any atom is 0.222 e. The molecule has 0 aliphatic carbocycles. The zero-order chi connectivity index (χ0) is 18.1. The number of aromatic nitrogens is 4. The molecule has 0 saturated heterocycles. The fraction of sp³-hybridized carbons (Fsp3) is 0.0526. The number of hydrogen-bond acceptors (Lipinski definition) is 5. The van der Waals surface area contributed by atoms with Gasteiger partial charge in [-0.15, -0.1) is 0 Å². The summed E-state index contributed by atoms with van der Waals surface area (Å²) in [6.07, 6.45) is 3.51. The minimum Gasteiger partial charge on any atom is -0.495 e. The fourth-order valence-electron chi connectivity index (χ4n) is 2.85. The van der Waals surface area contributed by atoms with Crippen LogP contribution in [0.2, 0.25) is 5.28 Å². The van der Waals surface area contributed by atoms with E-state index >= 15 is 0 Å². The van der Waals surface area contributed by atoms with Gasteiger partial charge in [0.1, 0.15) is 17.5 Å². The number of methoxy groups -OCH3 is 1. The topological polar surface area (TPSA) is 76.1 Å². The van der Waals surface area contributed by atoms with Crippen molar-refractivity contribution in [2.24, 2.45) is 0 Å². The summed E-state index contributed by atoms with van der Waals surface area (Å²) >= 11 is 5.99. The zero-order valence-electron chi connectivity index (χ0n) is 13.7. The van der Waals surface area contributed by atoms with E-state index in [1.54, 1.807) is 24.4 Å². The Morgan fingerprint density at radius 1 is 1.15 bits per heavy atom. The van der Waals surface area contributed by atoms with Crippen LogP contribution in [0.4, 0.5) is 0 Å². The number of fused-ring (bicyclic) bond motifs is 1. The lowest BCUT2D eigenvalue weighted by Gasteiger charge is -2.07. The molecular weight excluding hydrogens is 350 g/mol. The molecule has 0 atom stereocenters. The summed E-state index contributed by atoms with van der Waals surface area (Å²) in [4.78, 5) is 13.0. The Hall–Kier alpha value is -3.43. The van der Waals surface area contributed by atoms with Gasteiger partial charge in [0.2, 0.25) is 5.28 Å². The predicted octanol–water partition coefficient (Wildman–Crippen LogP) is 3.99. The summed E-state index contributed by atoms with van der Waals surface area (Å²) in [5.41, 5.74) is 4.11. The summed E-state index contributed by atoms with van der Waals surface area (Å²) in [6.45, 7) is 0. The molecule has 0 N–H and O–H groups in total. The van der Waals surface area contributed by atoms with E-state index in [-0.39, 0.29) is 5.28 Å². The number of benzene rings is 1. The molecule has 26 heavy (non-hydrogen) atoms. The van der Waals surface area contributed by atoms with Gasteiger partial charge in [0.15, 0.2) is 0 Å². The largest absolute Gasteiger partial charge is 0.495 e. The second-order valence-electron chi connectivity index (χ2n) is 5.48. The van der Waals surface area contributed by atoms with Gasteiger partial charge in [-0.05, 0) is 48.0 Å². The molecule has 4 rings (SSSR count). The molecule has 6 nitrogen and oxygen atoms in total. The van der Waals surface area contributed by atoms with Crippen molar-refractivity contribution in [3.8, 4) is 34.5 Å². The van der Waals surface area contributed by atoms with Gasteiger partial charge in [0.05, 0.1) is 29.8 Å². The van der Waals surface area contributed by atoms with Crippen molar-refractivity contribution in [1.82, 2.24) is 19.4 Å². The van der Waals surface area contributed by atoms with Crippen LogP contribution >= 0.6 is 11.6 Å². The van der Waals surface area contributed by atoms with Crippen LogP contribution < -0.4 is 4.74 Å². The molecule has 1 aromatic carbocycles.